The number of hydrogen-bond donors (Lipinski definition) is 2. The quantitative estimate of drug-likeness (QED) is 0.660. The predicted octanol–water partition coefficient (Wildman–Crippen LogP) is 1.84. The summed E-state index contributed by atoms with van der Waals surface area (Å²) in [6, 6.07) is 12.6. The Kier molecular flexibility index (Phi) is 4.20. The van der Waals surface area contributed by atoms with Gasteiger partial charge in [-0.1, -0.05) is 42.0 Å². The van der Waals surface area contributed by atoms with Crippen molar-refractivity contribution < 1.29 is 22.6 Å². The number of aromatic nitrogens is 2. The van der Waals surface area contributed by atoms with E-state index in [0.29, 0.717) is 0 Å². The number of aromatic amines is 1. The second kappa shape index (κ2) is 6.58. The van der Waals surface area contributed by atoms with E-state index < -0.39 is 21.6 Å². The van der Waals surface area contributed by atoms with Gasteiger partial charge in [-0.15, -0.1) is 0 Å². The summed E-state index contributed by atoms with van der Waals surface area (Å²) in [7, 11) is -4.06. The zero-order valence-corrected chi connectivity index (χ0v) is 15.7. The first-order chi connectivity index (χ1) is 13.4. The third-order valence-corrected chi connectivity index (χ3v) is 5.83. The summed E-state index contributed by atoms with van der Waals surface area (Å²) < 4.78 is 29.5. The van der Waals surface area contributed by atoms with Crippen LogP contribution >= 0.6 is 0 Å². The fourth-order valence-electron chi connectivity index (χ4n) is 3.04. The van der Waals surface area contributed by atoms with E-state index in [1.807, 2.05) is 6.92 Å². The zero-order chi connectivity index (χ0) is 19.9. The molecule has 0 saturated carbocycles. The standard InChI is InChI=1S/C20H15N3O4S/c1-13-6-8-14(9-7-13)28(26,27)22-17-18(23-11-10-21-12-23)20(25)16-5-3-2-4-15(16)19(17)24/h2-12H,1H3,(H,22,25)/p+1. The van der Waals surface area contributed by atoms with Gasteiger partial charge in [-0.2, -0.15) is 4.57 Å². The second-order valence-corrected chi connectivity index (χ2v) is 8.05. The first-order valence-electron chi connectivity index (χ1n) is 8.45. The zero-order valence-electron chi connectivity index (χ0n) is 14.8. The highest BCUT2D eigenvalue weighted by molar-refractivity contribution is 7.89. The van der Waals surface area contributed by atoms with Gasteiger partial charge in [-0.05, 0) is 19.1 Å². The fourth-order valence-corrected chi connectivity index (χ4v) is 4.11. The Morgan fingerprint density at radius 1 is 0.929 bits per heavy atom. The molecule has 0 radical (unpaired) electrons. The monoisotopic (exact) mass is 394 g/mol. The third-order valence-electron chi connectivity index (χ3n) is 4.47. The number of rotatable bonds is 4. The number of sulfonamides is 1. The number of fused-ring (bicyclic) bond motifs is 1. The first-order valence-corrected chi connectivity index (χ1v) is 9.93. The Hall–Kier alpha value is -3.52. The van der Waals surface area contributed by atoms with Crippen LogP contribution in [0.1, 0.15) is 26.3 Å². The molecule has 0 unspecified atom stereocenters. The lowest BCUT2D eigenvalue weighted by Gasteiger charge is -2.19. The van der Waals surface area contributed by atoms with E-state index in [1.165, 1.54) is 35.3 Å². The van der Waals surface area contributed by atoms with Gasteiger partial charge in [0.15, 0.2) is 0 Å². The summed E-state index contributed by atoms with van der Waals surface area (Å²) in [5, 5.41) is 0. The lowest BCUT2D eigenvalue weighted by atomic mass is 9.90. The Morgan fingerprint density at radius 2 is 1.57 bits per heavy atom. The molecule has 4 rings (SSSR count). The minimum Gasteiger partial charge on any atom is -0.287 e. The number of allylic oxidation sites excluding steroid dienone is 2. The summed E-state index contributed by atoms with van der Waals surface area (Å²) in [6.45, 7) is 1.84. The van der Waals surface area contributed by atoms with Crippen LogP contribution in [0.2, 0.25) is 0 Å². The number of benzene rings is 2. The molecule has 28 heavy (non-hydrogen) atoms. The van der Waals surface area contributed by atoms with Crippen molar-refractivity contribution in [2.24, 2.45) is 0 Å². The van der Waals surface area contributed by atoms with Crippen LogP contribution in [-0.2, 0) is 10.0 Å². The summed E-state index contributed by atoms with van der Waals surface area (Å²) in [5.41, 5.74) is 0.956. The molecular weight excluding hydrogens is 378 g/mol. The molecule has 0 fully saturated rings. The number of hydrogen-bond acceptors (Lipinski definition) is 4. The average molecular weight is 394 g/mol. The molecule has 1 aromatic heterocycles. The van der Waals surface area contributed by atoms with Crippen LogP contribution in [0.4, 0.5) is 0 Å². The van der Waals surface area contributed by atoms with Crippen molar-refractivity contribution in [2.75, 3.05) is 0 Å². The van der Waals surface area contributed by atoms with Crippen LogP contribution in [0.5, 0.6) is 0 Å². The fraction of sp³-hybridized carbons (Fsp3) is 0.0500. The van der Waals surface area contributed by atoms with E-state index in [-0.39, 0.29) is 27.4 Å². The maximum atomic E-state index is 13.1. The third kappa shape index (κ3) is 2.93. The molecule has 7 nitrogen and oxygen atoms in total. The molecule has 0 aliphatic heterocycles. The number of aryl methyl sites for hydroxylation is 1. The maximum Gasteiger partial charge on any atom is 0.262 e. The molecule has 140 valence electrons. The van der Waals surface area contributed by atoms with Crippen LogP contribution in [-0.4, -0.2) is 25.0 Å². The van der Waals surface area contributed by atoms with Crippen LogP contribution in [0, 0.1) is 6.92 Å². The Bertz CT molecular complexity index is 1220. The molecule has 2 aromatic carbocycles. The number of H-pyrrole nitrogens is 1. The number of nitrogens with zero attached hydrogens (tertiary/aromatic N) is 1. The molecule has 8 heteroatoms. The molecule has 1 aliphatic carbocycles. The number of imidazole rings is 1. The van der Waals surface area contributed by atoms with Gasteiger partial charge in [0.2, 0.25) is 23.6 Å². The van der Waals surface area contributed by atoms with Crippen molar-refractivity contribution in [1.82, 2.24) is 9.71 Å². The van der Waals surface area contributed by atoms with Gasteiger partial charge >= 0.3 is 0 Å². The van der Waals surface area contributed by atoms with Crippen molar-refractivity contribution in [2.45, 2.75) is 11.8 Å². The maximum absolute atomic E-state index is 13.1. The minimum atomic E-state index is -4.06. The Labute approximate surface area is 161 Å². The molecule has 1 heterocycles. The lowest BCUT2D eigenvalue weighted by Crippen LogP contribution is -2.43. The minimum absolute atomic E-state index is 0.00289. The smallest absolute Gasteiger partial charge is 0.262 e. The van der Waals surface area contributed by atoms with Crippen LogP contribution < -0.4 is 9.29 Å². The van der Waals surface area contributed by atoms with Crippen molar-refractivity contribution in [3.05, 3.63) is 89.6 Å². The summed E-state index contributed by atoms with van der Waals surface area (Å²) in [5.74, 6) is -1.00. The van der Waals surface area contributed by atoms with E-state index in [0.717, 1.165) is 5.56 Å². The van der Waals surface area contributed by atoms with Gasteiger partial charge in [-0.25, -0.2) is 13.4 Å². The molecule has 3 aromatic rings. The van der Waals surface area contributed by atoms with Crippen LogP contribution in [0.15, 0.2) is 77.8 Å². The van der Waals surface area contributed by atoms with E-state index in [1.54, 1.807) is 36.5 Å². The number of ketones is 2. The van der Waals surface area contributed by atoms with Gasteiger partial charge < -0.3 is 0 Å². The molecular formula is C20H16N3O4S+. The van der Waals surface area contributed by atoms with Crippen molar-refractivity contribution in [3.8, 4) is 0 Å². The highest BCUT2D eigenvalue weighted by atomic mass is 32.2. The predicted molar refractivity (Wildman–Crippen MR) is 101 cm³/mol. The number of nitrogens with one attached hydrogen (secondary N) is 2. The molecule has 0 atom stereocenters. The lowest BCUT2D eigenvalue weighted by molar-refractivity contribution is -0.575. The van der Waals surface area contributed by atoms with E-state index >= 15 is 0 Å². The molecule has 1 aliphatic rings. The highest BCUT2D eigenvalue weighted by Crippen LogP contribution is 2.26. The van der Waals surface area contributed by atoms with Crippen LogP contribution in [0.25, 0.3) is 5.70 Å². The largest absolute Gasteiger partial charge is 0.287 e. The normalized spacial score (nSPS) is 14.2. The van der Waals surface area contributed by atoms with E-state index in [9.17, 15) is 18.0 Å². The second-order valence-electron chi connectivity index (χ2n) is 6.36. The van der Waals surface area contributed by atoms with Gasteiger partial charge in [0.05, 0.1) is 4.90 Å². The van der Waals surface area contributed by atoms with Crippen molar-refractivity contribution >= 4 is 27.3 Å². The Morgan fingerprint density at radius 3 is 2.18 bits per heavy atom. The van der Waals surface area contributed by atoms with Gasteiger partial charge in [0.1, 0.15) is 18.1 Å². The van der Waals surface area contributed by atoms with Gasteiger partial charge in [0.25, 0.3) is 10.0 Å². The molecule has 0 spiro atoms. The SMILES string of the molecule is Cc1ccc(S(=O)(=O)NC2=C([n+]3cc[nH]c3)C(=O)c3ccccc3C2=O)cc1. The van der Waals surface area contributed by atoms with Crippen molar-refractivity contribution in [1.29, 1.82) is 0 Å². The van der Waals surface area contributed by atoms with E-state index in [2.05, 4.69) is 9.71 Å². The number of Topliss-reactive ketones (excluding diaryl/α,β-unsaturated/α-hetero) is 2. The number of carbonyl (C=O) groups is 2. The van der Waals surface area contributed by atoms with Crippen LogP contribution in [0.3, 0.4) is 0 Å². The Balaban J connectivity index is 1.88. The van der Waals surface area contributed by atoms with Gasteiger partial charge in [-0.3, -0.25) is 14.3 Å². The number of carbonyl (C=O) groups excluding carboxylic acids is 2. The molecule has 0 saturated heterocycles. The average Bonchev–Trinajstić information content (AvgIpc) is 3.20. The highest BCUT2D eigenvalue weighted by Gasteiger charge is 2.38. The van der Waals surface area contributed by atoms with Crippen molar-refractivity contribution in [3.63, 3.8) is 0 Å². The summed E-state index contributed by atoms with van der Waals surface area (Å²) in [4.78, 5) is 28.9. The van der Waals surface area contributed by atoms with E-state index in [4.69, 9.17) is 0 Å². The van der Waals surface area contributed by atoms with Gasteiger partial charge in [0, 0.05) is 11.1 Å². The summed E-state index contributed by atoms with van der Waals surface area (Å²) >= 11 is 0. The molecule has 0 amide bonds. The first kappa shape index (κ1) is 17.9. The topological polar surface area (TPSA) is 100.0 Å². The summed E-state index contributed by atoms with van der Waals surface area (Å²) in [6.07, 6.45) is 4.57. The molecule has 2 N–H and O–H groups in total. The molecule has 0 bridgehead atoms.